The van der Waals surface area contributed by atoms with Crippen LogP contribution in [0.1, 0.15) is 66.7 Å². The van der Waals surface area contributed by atoms with Gasteiger partial charge in [-0.2, -0.15) is 5.06 Å². The lowest BCUT2D eigenvalue weighted by Crippen LogP contribution is -2.62. The number of carbonyl (C=O) groups excluding carboxylic acids is 1. The third-order valence-electron chi connectivity index (χ3n) is 8.21. The number of hydrogen-bond acceptors (Lipinski definition) is 5. The molecule has 4 rings (SSSR count). The van der Waals surface area contributed by atoms with Crippen LogP contribution in [-0.2, 0) is 9.63 Å². The zero-order chi connectivity index (χ0) is 22.1. The van der Waals surface area contributed by atoms with Crippen molar-refractivity contribution in [2.45, 2.75) is 91.0 Å². The number of nitrogens with one attached hydrogen (secondary N) is 1. The molecule has 3 N–H and O–H groups in total. The zero-order valence-electron chi connectivity index (χ0n) is 19.4. The molecule has 6 heteroatoms. The molecular formula is C24H42N2O4. The molecule has 1 amide bonds. The quantitative estimate of drug-likeness (QED) is 0.393. The molecule has 0 spiro atoms. The maximum atomic E-state index is 13.4. The lowest BCUT2D eigenvalue weighted by molar-refractivity contribution is -0.178. The van der Waals surface area contributed by atoms with E-state index in [1.807, 2.05) is 0 Å². The van der Waals surface area contributed by atoms with Crippen molar-refractivity contribution in [2.24, 2.45) is 29.1 Å². The first-order chi connectivity index (χ1) is 14.2. The molecule has 0 unspecified atom stereocenters. The molecule has 0 aromatic heterocycles. The highest BCUT2D eigenvalue weighted by Gasteiger charge is 2.57. The molecular weight excluding hydrogens is 380 g/mol. The molecule has 0 aromatic carbocycles. The van der Waals surface area contributed by atoms with Crippen molar-refractivity contribution < 1.29 is 19.8 Å². The summed E-state index contributed by atoms with van der Waals surface area (Å²) in [6.45, 7) is 11.2. The minimum absolute atomic E-state index is 0.0723. The van der Waals surface area contributed by atoms with Crippen LogP contribution < -0.4 is 5.32 Å². The van der Waals surface area contributed by atoms with Crippen LogP contribution >= 0.6 is 0 Å². The second-order valence-corrected chi connectivity index (χ2v) is 10.3. The molecule has 8 atom stereocenters. The van der Waals surface area contributed by atoms with Crippen LogP contribution in [0, 0.1) is 29.1 Å². The number of hydroxylamine groups is 2. The van der Waals surface area contributed by atoms with Gasteiger partial charge in [0.2, 0.25) is 5.91 Å². The number of aliphatic hydroxyl groups excluding tert-OH is 2. The van der Waals surface area contributed by atoms with E-state index in [0.717, 1.165) is 25.7 Å². The minimum Gasteiger partial charge on any atom is -0.394 e. The third-order valence-corrected chi connectivity index (χ3v) is 8.21. The Morgan fingerprint density at radius 2 is 2.07 bits per heavy atom. The van der Waals surface area contributed by atoms with E-state index in [1.165, 1.54) is 6.42 Å². The Morgan fingerprint density at radius 1 is 1.33 bits per heavy atom. The van der Waals surface area contributed by atoms with Crippen molar-refractivity contribution in [3.05, 3.63) is 12.2 Å². The Hall–Kier alpha value is -0.950. The van der Waals surface area contributed by atoms with E-state index in [-0.39, 0.29) is 18.6 Å². The lowest BCUT2D eigenvalue weighted by Gasteiger charge is -2.62. The van der Waals surface area contributed by atoms with Crippen molar-refractivity contribution in [3.63, 3.8) is 0 Å². The van der Waals surface area contributed by atoms with Crippen molar-refractivity contribution in [3.8, 4) is 0 Å². The number of hydrogen-bond donors (Lipinski definition) is 3. The summed E-state index contributed by atoms with van der Waals surface area (Å²) < 4.78 is 0. The summed E-state index contributed by atoms with van der Waals surface area (Å²) in [5.74, 6) is 1.26. The molecule has 4 aliphatic rings. The summed E-state index contributed by atoms with van der Waals surface area (Å²) in [5, 5.41) is 25.2. The predicted molar refractivity (Wildman–Crippen MR) is 117 cm³/mol. The number of carbonyl (C=O) groups is 1. The number of aliphatic hydroxyl groups is 2. The van der Waals surface area contributed by atoms with Gasteiger partial charge in [-0.15, -0.1) is 0 Å². The number of allylic oxidation sites excluding steroid dienone is 2. The highest BCUT2D eigenvalue weighted by Crippen LogP contribution is 2.61. The van der Waals surface area contributed by atoms with Crippen molar-refractivity contribution in [1.82, 2.24) is 10.4 Å². The van der Waals surface area contributed by atoms with Crippen LogP contribution in [0.5, 0.6) is 0 Å². The zero-order valence-corrected chi connectivity index (χ0v) is 19.4. The molecule has 30 heavy (non-hydrogen) atoms. The summed E-state index contributed by atoms with van der Waals surface area (Å²) in [5.41, 5.74) is 0.374. The monoisotopic (exact) mass is 422 g/mol. The van der Waals surface area contributed by atoms with Gasteiger partial charge in [-0.3, -0.25) is 9.63 Å². The summed E-state index contributed by atoms with van der Waals surface area (Å²) in [6, 6.07) is -0.401. The molecule has 4 fully saturated rings. The fourth-order valence-electron chi connectivity index (χ4n) is 6.19. The van der Waals surface area contributed by atoms with E-state index in [0.29, 0.717) is 29.7 Å². The second kappa shape index (κ2) is 9.68. The number of rotatable bonds is 9. The number of amides is 1. The first-order valence-electron chi connectivity index (χ1n) is 11.9. The van der Waals surface area contributed by atoms with Crippen molar-refractivity contribution in [2.75, 3.05) is 13.2 Å². The molecule has 1 saturated heterocycles. The van der Waals surface area contributed by atoms with Gasteiger partial charge >= 0.3 is 0 Å². The van der Waals surface area contributed by atoms with Crippen LogP contribution in [0.3, 0.4) is 0 Å². The van der Waals surface area contributed by atoms with E-state index in [1.54, 1.807) is 12.0 Å². The van der Waals surface area contributed by atoms with Gasteiger partial charge < -0.3 is 15.5 Å². The fraction of sp³-hybridized carbons (Fsp3) is 0.875. The van der Waals surface area contributed by atoms with E-state index in [4.69, 9.17) is 4.84 Å². The Morgan fingerprint density at radius 3 is 2.63 bits per heavy atom. The molecule has 1 aliphatic heterocycles. The van der Waals surface area contributed by atoms with Crippen LogP contribution in [0.25, 0.3) is 0 Å². The average molecular weight is 423 g/mol. The summed E-state index contributed by atoms with van der Waals surface area (Å²) in [7, 11) is 0. The SMILES string of the molecule is CC/C=C\CCCN1O[C@@H](CO)[C@@H]([C@H](C)O)[C@H]1C(=O)N[C@H]1C[C@H]2C[C@@H]([C@@H]1C)C2(C)C. The Bertz CT molecular complexity index is 620. The first-order valence-corrected chi connectivity index (χ1v) is 11.9. The third kappa shape index (κ3) is 4.47. The number of unbranched alkanes of at least 4 members (excludes halogenated alkanes) is 1. The summed E-state index contributed by atoms with van der Waals surface area (Å²) in [6.07, 6.45) is 8.09. The molecule has 6 nitrogen and oxygen atoms in total. The van der Waals surface area contributed by atoms with Gasteiger partial charge in [0.1, 0.15) is 12.1 Å². The smallest absolute Gasteiger partial charge is 0.240 e. The Labute approximate surface area is 182 Å². The molecule has 3 aliphatic carbocycles. The molecule has 172 valence electrons. The average Bonchev–Trinajstić information content (AvgIpc) is 3.07. The van der Waals surface area contributed by atoms with Gasteiger partial charge in [-0.25, -0.2) is 0 Å². The van der Waals surface area contributed by atoms with E-state index in [9.17, 15) is 15.0 Å². The second-order valence-electron chi connectivity index (χ2n) is 10.3. The normalized spacial score (nSPS) is 39.1. The largest absolute Gasteiger partial charge is 0.394 e. The van der Waals surface area contributed by atoms with Crippen LogP contribution in [-0.4, -0.2) is 58.6 Å². The number of nitrogens with zero attached hydrogens (tertiary/aromatic N) is 1. The summed E-state index contributed by atoms with van der Waals surface area (Å²) >= 11 is 0. The molecule has 2 bridgehead atoms. The highest BCUT2D eigenvalue weighted by atomic mass is 16.7. The fourth-order valence-corrected chi connectivity index (χ4v) is 6.19. The lowest BCUT2D eigenvalue weighted by atomic mass is 9.45. The Balaban J connectivity index is 1.68. The molecule has 1 heterocycles. The van der Waals surface area contributed by atoms with Gasteiger partial charge in [0, 0.05) is 18.5 Å². The van der Waals surface area contributed by atoms with Gasteiger partial charge in [0.15, 0.2) is 0 Å². The Kier molecular flexibility index (Phi) is 7.65. The van der Waals surface area contributed by atoms with Crippen molar-refractivity contribution >= 4 is 5.91 Å². The standard InChI is InChI=1S/C24H42N2O4/c1-6-7-8-9-10-11-26-22(21(16(3)28)20(14-27)30-26)23(29)25-19-13-17-12-18(15(19)2)24(17,4)5/h7-8,15-22,27-28H,6,9-14H2,1-5H3,(H,25,29)/b8-7-/t15-,16-,17+,18-,19-,20-,21+,22-/m0/s1. The minimum atomic E-state index is -0.737. The number of fused-ring (bicyclic) bond motifs is 2. The maximum absolute atomic E-state index is 13.4. The van der Waals surface area contributed by atoms with Crippen molar-refractivity contribution in [1.29, 1.82) is 0 Å². The van der Waals surface area contributed by atoms with Gasteiger partial charge in [-0.05, 0) is 62.2 Å². The van der Waals surface area contributed by atoms with Crippen LogP contribution in [0.4, 0.5) is 0 Å². The van der Waals surface area contributed by atoms with E-state index < -0.39 is 24.2 Å². The molecule has 3 saturated carbocycles. The molecule has 0 aromatic rings. The van der Waals surface area contributed by atoms with E-state index in [2.05, 4.69) is 45.2 Å². The molecule has 0 radical (unpaired) electrons. The maximum Gasteiger partial charge on any atom is 0.240 e. The van der Waals surface area contributed by atoms with E-state index >= 15 is 0 Å². The topological polar surface area (TPSA) is 82.0 Å². The predicted octanol–water partition coefficient (Wildman–Crippen LogP) is 2.89. The van der Waals surface area contributed by atoms with Gasteiger partial charge in [-0.1, -0.05) is 39.8 Å². The highest BCUT2D eigenvalue weighted by molar-refractivity contribution is 5.82. The summed E-state index contributed by atoms with van der Waals surface area (Å²) in [4.78, 5) is 19.4. The van der Waals surface area contributed by atoms with Crippen LogP contribution in [0.15, 0.2) is 12.2 Å². The van der Waals surface area contributed by atoms with Gasteiger partial charge in [0.25, 0.3) is 0 Å². The van der Waals surface area contributed by atoms with Crippen LogP contribution in [0.2, 0.25) is 0 Å². The first kappa shape index (κ1) is 23.7. The van der Waals surface area contributed by atoms with Gasteiger partial charge in [0.05, 0.1) is 12.7 Å².